The molecule has 0 saturated carbocycles. The molecule has 8 nitrogen and oxygen atoms in total. The van der Waals surface area contributed by atoms with E-state index in [2.05, 4.69) is 36.0 Å². The number of rotatable bonds is 6. The van der Waals surface area contributed by atoms with Gasteiger partial charge in [0, 0.05) is 25.3 Å². The lowest BCUT2D eigenvalue weighted by atomic mass is 10.0. The van der Waals surface area contributed by atoms with E-state index in [0.29, 0.717) is 40.1 Å². The second kappa shape index (κ2) is 9.73. The van der Waals surface area contributed by atoms with Gasteiger partial charge < -0.3 is 15.5 Å². The van der Waals surface area contributed by atoms with Gasteiger partial charge in [0.05, 0.1) is 22.4 Å². The smallest absolute Gasteiger partial charge is 0.331 e. The molecule has 186 valence electrons. The van der Waals surface area contributed by atoms with Gasteiger partial charge in [0.25, 0.3) is 5.91 Å². The summed E-state index contributed by atoms with van der Waals surface area (Å²) in [5.74, 6) is 0.138. The molecule has 0 radical (unpaired) electrons. The number of hydrogen-bond donors (Lipinski definition) is 2. The van der Waals surface area contributed by atoms with Gasteiger partial charge in [-0.3, -0.25) is 14.5 Å². The first-order valence-electron chi connectivity index (χ1n) is 12.2. The molecule has 4 heterocycles. The number of aromatic nitrogens is 1. The lowest BCUT2D eigenvalue weighted by Crippen LogP contribution is -2.49. The van der Waals surface area contributed by atoms with E-state index < -0.39 is 0 Å². The molecule has 1 saturated heterocycles. The summed E-state index contributed by atoms with van der Waals surface area (Å²) in [5.41, 5.74) is 3.16. The van der Waals surface area contributed by atoms with Gasteiger partial charge in [-0.2, -0.15) is 0 Å². The number of carbonyl (C=O) groups excluding carboxylic acids is 3. The van der Waals surface area contributed by atoms with Crippen LogP contribution in [0.5, 0.6) is 0 Å². The van der Waals surface area contributed by atoms with E-state index in [1.54, 1.807) is 22.1 Å². The van der Waals surface area contributed by atoms with E-state index in [0.717, 1.165) is 30.3 Å². The molecule has 0 aliphatic carbocycles. The third-order valence-corrected chi connectivity index (χ3v) is 7.63. The summed E-state index contributed by atoms with van der Waals surface area (Å²) in [6.07, 6.45) is 5.52. The zero-order chi connectivity index (χ0) is 25.4. The van der Waals surface area contributed by atoms with Crippen molar-refractivity contribution in [3.63, 3.8) is 0 Å². The van der Waals surface area contributed by atoms with Crippen molar-refractivity contribution in [1.29, 1.82) is 0 Å². The average molecular weight is 504 g/mol. The molecular weight excluding hydrogens is 474 g/mol. The molecule has 0 bridgehead atoms. The molecule has 0 unspecified atom stereocenters. The van der Waals surface area contributed by atoms with Crippen molar-refractivity contribution in [2.75, 3.05) is 23.3 Å². The highest BCUT2D eigenvalue weighted by Crippen LogP contribution is 2.45. The average Bonchev–Trinajstić information content (AvgIpc) is 3.24. The molecule has 2 aliphatic heterocycles. The predicted molar refractivity (Wildman–Crippen MR) is 143 cm³/mol. The van der Waals surface area contributed by atoms with Crippen molar-refractivity contribution in [2.45, 2.75) is 39.2 Å². The summed E-state index contributed by atoms with van der Waals surface area (Å²) in [6.45, 7) is 9.00. The molecular formula is C27H29N5O3S. The number of carbonyl (C=O) groups is 3. The summed E-state index contributed by atoms with van der Waals surface area (Å²) in [5, 5.41) is 6.75. The zero-order valence-corrected chi connectivity index (χ0v) is 21.2. The monoisotopic (exact) mass is 503 g/mol. The van der Waals surface area contributed by atoms with Crippen LogP contribution >= 0.6 is 11.3 Å². The van der Waals surface area contributed by atoms with Crippen molar-refractivity contribution in [3.8, 4) is 0 Å². The Morgan fingerprint density at radius 1 is 1.28 bits per heavy atom. The first-order valence-corrected chi connectivity index (χ1v) is 13.0. The number of amides is 4. The van der Waals surface area contributed by atoms with Crippen LogP contribution in [0.4, 0.5) is 21.9 Å². The van der Waals surface area contributed by atoms with Crippen molar-refractivity contribution in [3.05, 3.63) is 59.6 Å². The van der Waals surface area contributed by atoms with E-state index in [4.69, 9.17) is 0 Å². The topological polar surface area (TPSA) is 94.6 Å². The quantitative estimate of drug-likeness (QED) is 0.459. The number of piperidine rings is 1. The highest BCUT2D eigenvalue weighted by Gasteiger charge is 2.33. The van der Waals surface area contributed by atoms with Gasteiger partial charge in [0.2, 0.25) is 5.91 Å². The molecule has 4 amide bonds. The number of benzene rings is 1. The van der Waals surface area contributed by atoms with Gasteiger partial charge in [-0.05, 0) is 55.0 Å². The Morgan fingerprint density at radius 3 is 2.78 bits per heavy atom. The van der Waals surface area contributed by atoms with Gasteiger partial charge in [-0.15, -0.1) is 11.3 Å². The highest BCUT2D eigenvalue weighted by atomic mass is 32.1. The third-order valence-electron chi connectivity index (χ3n) is 6.53. The van der Waals surface area contributed by atoms with Gasteiger partial charge in [-0.25, -0.2) is 9.78 Å². The predicted octanol–water partition coefficient (Wildman–Crippen LogP) is 5.09. The summed E-state index contributed by atoms with van der Waals surface area (Å²) in [6, 6.07) is 9.32. The Bertz CT molecular complexity index is 1350. The van der Waals surface area contributed by atoms with Gasteiger partial charge in [0.15, 0.2) is 0 Å². The number of nitrogens with zero attached hydrogens (tertiary/aromatic N) is 3. The Morgan fingerprint density at radius 2 is 2.06 bits per heavy atom. The molecule has 2 aromatic heterocycles. The van der Waals surface area contributed by atoms with Crippen LogP contribution in [0.25, 0.3) is 10.2 Å². The molecule has 3 aromatic rings. The second-order valence-electron chi connectivity index (χ2n) is 9.65. The Balaban J connectivity index is 1.44. The van der Waals surface area contributed by atoms with Crippen LogP contribution in [-0.2, 0) is 11.2 Å². The third kappa shape index (κ3) is 4.46. The van der Waals surface area contributed by atoms with Crippen molar-refractivity contribution in [2.24, 2.45) is 5.92 Å². The molecule has 1 fully saturated rings. The van der Waals surface area contributed by atoms with Crippen LogP contribution in [0, 0.1) is 5.92 Å². The number of pyridine rings is 1. The second-order valence-corrected chi connectivity index (χ2v) is 10.6. The maximum Gasteiger partial charge on any atom is 0.331 e. The molecule has 2 aliphatic rings. The minimum absolute atomic E-state index is 0.135. The number of urea groups is 1. The maximum atomic E-state index is 13.3. The summed E-state index contributed by atoms with van der Waals surface area (Å²) >= 11 is 1.26. The fraction of sp³-hybridized carbons (Fsp3) is 0.333. The van der Waals surface area contributed by atoms with E-state index in [1.165, 1.54) is 23.0 Å². The summed E-state index contributed by atoms with van der Waals surface area (Å²) in [4.78, 5) is 47.5. The van der Waals surface area contributed by atoms with Gasteiger partial charge in [0.1, 0.15) is 9.71 Å². The number of anilines is 3. The van der Waals surface area contributed by atoms with E-state index >= 15 is 0 Å². The fourth-order valence-corrected chi connectivity index (χ4v) is 5.95. The number of likely N-dealkylation sites (tertiary alicyclic amines) is 1. The molecule has 1 atom stereocenters. The molecule has 1 aromatic carbocycles. The summed E-state index contributed by atoms with van der Waals surface area (Å²) in [7, 11) is 0. The number of hydrogen-bond acceptors (Lipinski definition) is 5. The lowest BCUT2D eigenvalue weighted by molar-refractivity contribution is -0.127. The molecule has 9 heteroatoms. The first-order chi connectivity index (χ1) is 17.4. The molecule has 5 rings (SSSR count). The maximum absolute atomic E-state index is 13.3. The number of thiophene rings is 1. The van der Waals surface area contributed by atoms with Crippen molar-refractivity contribution < 1.29 is 14.4 Å². The van der Waals surface area contributed by atoms with E-state index in [-0.39, 0.29) is 23.9 Å². The Labute approximate surface area is 214 Å². The normalized spacial score (nSPS) is 17.3. The highest BCUT2D eigenvalue weighted by molar-refractivity contribution is 7.21. The Hall–Kier alpha value is -3.72. The summed E-state index contributed by atoms with van der Waals surface area (Å²) < 4.78 is 0. The SMILES string of the molecule is C=CC(=O)N1CCC[C@@H](NC(=O)c2sc3nccc4c3c2NC(=O)N4c2ccc(CC(C)C)cc2)C1. The van der Waals surface area contributed by atoms with Crippen molar-refractivity contribution >= 4 is 56.5 Å². The van der Waals surface area contributed by atoms with Crippen LogP contribution < -0.4 is 15.5 Å². The van der Waals surface area contributed by atoms with Gasteiger partial charge >= 0.3 is 6.03 Å². The van der Waals surface area contributed by atoms with Crippen LogP contribution in [0.3, 0.4) is 0 Å². The fourth-order valence-electron chi connectivity index (χ4n) is 4.93. The number of nitrogens with one attached hydrogen (secondary N) is 2. The minimum atomic E-state index is -0.320. The van der Waals surface area contributed by atoms with E-state index in [1.807, 2.05) is 24.3 Å². The van der Waals surface area contributed by atoms with Crippen LogP contribution in [0.1, 0.15) is 41.9 Å². The van der Waals surface area contributed by atoms with Gasteiger partial charge in [-0.1, -0.05) is 32.6 Å². The van der Waals surface area contributed by atoms with E-state index in [9.17, 15) is 14.4 Å². The first kappa shape index (κ1) is 24.0. The van der Waals surface area contributed by atoms with Crippen LogP contribution in [-0.4, -0.2) is 46.9 Å². The molecule has 2 N–H and O–H groups in total. The largest absolute Gasteiger partial charge is 0.347 e. The zero-order valence-electron chi connectivity index (χ0n) is 20.4. The molecule has 36 heavy (non-hydrogen) atoms. The van der Waals surface area contributed by atoms with Crippen LogP contribution in [0.15, 0.2) is 49.2 Å². The minimum Gasteiger partial charge on any atom is -0.347 e. The standard InChI is InChI=1S/C27H29N5O3S/c1-4-21(33)31-13-5-6-18(15-31)29-25(34)24-23-22-20(11-12-28-26(22)36-24)32(27(35)30-23)19-9-7-17(8-10-19)14-16(2)3/h4,7-12,16,18H,1,5-6,13-15H2,2-3H3,(H,29,34)(H,30,35)/t18-/m1/s1. The van der Waals surface area contributed by atoms with Crippen LogP contribution in [0.2, 0.25) is 0 Å². The Kier molecular flexibility index (Phi) is 6.49. The molecule has 0 spiro atoms. The lowest BCUT2D eigenvalue weighted by Gasteiger charge is -2.32. The van der Waals surface area contributed by atoms with Crippen molar-refractivity contribution in [1.82, 2.24) is 15.2 Å².